The highest BCUT2D eigenvalue weighted by Gasteiger charge is 2.34. The molecule has 146 valence electrons. The van der Waals surface area contributed by atoms with Crippen molar-refractivity contribution in [3.8, 4) is 6.07 Å². The summed E-state index contributed by atoms with van der Waals surface area (Å²) >= 11 is 5.97. The Hall–Kier alpha value is -2.10. The maximum atomic E-state index is 12.6. The number of rotatable bonds is 5. The van der Waals surface area contributed by atoms with Crippen LogP contribution in [0.15, 0.2) is 24.3 Å². The van der Waals surface area contributed by atoms with E-state index in [2.05, 4.69) is 11.4 Å². The van der Waals surface area contributed by atoms with Gasteiger partial charge in [0, 0.05) is 36.8 Å². The van der Waals surface area contributed by atoms with E-state index in [4.69, 9.17) is 11.6 Å². The smallest absolute Gasteiger partial charge is 0.253 e. The SMILES string of the molecule is CC(C)[C@](C)(C#N)NC(=O)[C@H](C)N1CCN(C(=O)c2cccc(Cl)c2)CC1. The van der Waals surface area contributed by atoms with Gasteiger partial charge < -0.3 is 10.2 Å². The zero-order valence-electron chi connectivity index (χ0n) is 16.3. The Labute approximate surface area is 166 Å². The fourth-order valence-corrected chi connectivity index (χ4v) is 3.13. The van der Waals surface area contributed by atoms with Crippen LogP contribution in [0.1, 0.15) is 38.1 Å². The molecular formula is C20H27ClN4O2. The molecule has 1 aromatic rings. The summed E-state index contributed by atoms with van der Waals surface area (Å²) in [7, 11) is 0. The molecule has 1 heterocycles. The van der Waals surface area contributed by atoms with Gasteiger partial charge in [0.15, 0.2) is 0 Å². The lowest BCUT2D eigenvalue weighted by Gasteiger charge is -2.38. The molecular weight excluding hydrogens is 364 g/mol. The Morgan fingerprint density at radius 3 is 2.37 bits per heavy atom. The molecule has 0 unspecified atom stereocenters. The number of hydrogen-bond acceptors (Lipinski definition) is 4. The van der Waals surface area contributed by atoms with E-state index in [-0.39, 0.29) is 23.8 Å². The molecule has 27 heavy (non-hydrogen) atoms. The molecule has 0 bridgehead atoms. The summed E-state index contributed by atoms with van der Waals surface area (Å²) in [5, 5.41) is 12.8. The number of nitrogens with one attached hydrogen (secondary N) is 1. The van der Waals surface area contributed by atoms with Gasteiger partial charge in [-0.2, -0.15) is 5.26 Å². The summed E-state index contributed by atoms with van der Waals surface area (Å²) in [6.07, 6.45) is 0. The molecule has 0 spiro atoms. The summed E-state index contributed by atoms with van der Waals surface area (Å²) in [5.41, 5.74) is -0.320. The molecule has 0 aliphatic carbocycles. The minimum absolute atomic E-state index is 0.00538. The van der Waals surface area contributed by atoms with Crippen LogP contribution < -0.4 is 5.32 Å². The minimum Gasteiger partial charge on any atom is -0.336 e. The van der Waals surface area contributed by atoms with E-state index in [1.54, 1.807) is 36.1 Å². The van der Waals surface area contributed by atoms with Crippen molar-refractivity contribution in [2.24, 2.45) is 5.92 Å². The van der Waals surface area contributed by atoms with Crippen molar-refractivity contribution in [3.05, 3.63) is 34.9 Å². The first kappa shape index (κ1) is 21.2. The predicted octanol–water partition coefficient (Wildman–Crippen LogP) is 2.54. The number of halogens is 1. The molecule has 1 N–H and O–H groups in total. The predicted molar refractivity (Wildman–Crippen MR) is 105 cm³/mol. The number of amides is 2. The first-order chi connectivity index (χ1) is 12.7. The molecule has 2 amide bonds. The molecule has 1 fully saturated rings. The van der Waals surface area contributed by atoms with Crippen LogP contribution in [-0.4, -0.2) is 59.4 Å². The Kier molecular flexibility index (Phi) is 6.85. The van der Waals surface area contributed by atoms with Crippen LogP contribution in [0.2, 0.25) is 5.02 Å². The number of benzene rings is 1. The van der Waals surface area contributed by atoms with Gasteiger partial charge in [0.1, 0.15) is 5.54 Å². The van der Waals surface area contributed by atoms with E-state index in [1.165, 1.54) is 0 Å². The molecule has 0 saturated carbocycles. The van der Waals surface area contributed by atoms with Gasteiger partial charge >= 0.3 is 0 Å². The Bertz CT molecular complexity index is 738. The number of nitrogens with zero attached hydrogens (tertiary/aromatic N) is 3. The summed E-state index contributed by atoms with van der Waals surface area (Å²) in [4.78, 5) is 29.0. The third kappa shape index (κ3) is 5.00. The first-order valence-corrected chi connectivity index (χ1v) is 9.58. The third-order valence-corrected chi connectivity index (χ3v) is 5.61. The van der Waals surface area contributed by atoms with E-state index in [0.29, 0.717) is 36.8 Å². The lowest BCUT2D eigenvalue weighted by molar-refractivity contribution is -0.128. The van der Waals surface area contributed by atoms with Crippen molar-refractivity contribution >= 4 is 23.4 Å². The van der Waals surface area contributed by atoms with Crippen molar-refractivity contribution in [3.63, 3.8) is 0 Å². The fraction of sp³-hybridized carbons (Fsp3) is 0.550. The quantitative estimate of drug-likeness (QED) is 0.838. The van der Waals surface area contributed by atoms with Gasteiger partial charge in [-0.05, 0) is 38.0 Å². The number of carbonyl (C=O) groups excluding carboxylic acids is 2. The van der Waals surface area contributed by atoms with Crippen LogP contribution in [0, 0.1) is 17.2 Å². The summed E-state index contributed by atoms with van der Waals surface area (Å²) in [5.74, 6) is -0.209. The monoisotopic (exact) mass is 390 g/mol. The molecule has 7 heteroatoms. The van der Waals surface area contributed by atoms with Crippen molar-refractivity contribution in [1.82, 2.24) is 15.1 Å². The first-order valence-electron chi connectivity index (χ1n) is 9.20. The highest BCUT2D eigenvalue weighted by Crippen LogP contribution is 2.17. The van der Waals surface area contributed by atoms with Crippen LogP contribution in [0.5, 0.6) is 0 Å². The van der Waals surface area contributed by atoms with Gasteiger partial charge in [-0.3, -0.25) is 14.5 Å². The summed E-state index contributed by atoms with van der Waals surface area (Å²) in [6, 6.07) is 8.76. The maximum absolute atomic E-state index is 12.6. The van der Waals surface area contributed by atoms with E-state index in [0.717, 1.165) is 0 Å². The van der Waals surface area contributed by atoms with Gasteiger partial charge in [-0.1, -0.05) is 31.5 Å². The molecule has 1 aliphatic rings. The van der Waals surface area contributed by atoms with Crippen LogP contribution >= 0.6 is 11.6 Å². The molecule has 1 saturated heterocycles. The molecule has 1 aliphatic heterocycles. The second kappa shape index (κ2) is 8.73. The zero-order valence-corrected chi connectivity index (χ0v) is 17.1. The average Bonchev–Trinajstić information content (AvgIpc) is 2.66. The average molecular weight is 391 g/mol. The molecule has 2 rings (SSSR count). The lowest BCUT2D eigenvalue weighted by Crippen LogP contribution is -2.58. The van der Waals surface area contributed by atoms with Gasteiger partial charge in [-0.15, -0.1) is 0 Å². The van der Waals surface area contributed by atoms with E-state index >= 15 is 0 Å². The molecule has 1 aromatic carbocycles. The summed E-state index contributed by atoms with van der Waals surface area (Å²) in [6.45, 7) is 9.69. The number of hydrogen-bond donors (Lipinski definition) is 1. The van der Waals surface area contributed by atoms with Crippen LogP contribution in [-0.2, 0) is 4.79 Å². The normalized spacial score (nSPS) is 18.5. The molecule has 2 atom stereocenters. The Morgan fingerprint density at radius 2 is 1.85 bits per heavy atom. The van der Waals surface area contributed by atoms with E-state index in [9.17, 15) is 14.9 Å². The minimum atomic E-state index is -0.893. The lowest BCUT2D eigenvalue weighted by atomic mass is 9.89. The van der Waals surface area contributed by atoms with Gasteiger partial charge in [0.05, 0.1) is 12.1 Å². The zero-order chi connectivity index (χ0) is 20.2. The van der Waals surface area contributed by atoms with Crippen molar-refractivity contribution < 1.29 is 9.59 Å². The van der Waals surface area contributed by atoms with E-state index < -0.39 is 5.54 Å². The Morgan fingerprint density at radius 1 is 1.22 bits per heavy atom. The maximum Gasteiger partial charge on any atom is 0.253 e. The van der Waals surface area contributed by atoms with Gasteiger partial charge in [0.2, 0.25) is 5.91 Å². The highest BCUT2D eigenvalue weighted by atomic mass is 35.5. The number of carbonyl (C=O) groups is 2. The van der Waals surface area contributed by atoms with Crippen LogP contribution in [0.4, 0.5) is 0 Å². The fourth-order valence-electron chi connectivity index (χ4n) is 2.94. The van der Waals surface area contributed by atoms with E-state index in [1.807, 2.05) is 25.7 Å². The molecule has 0 aromatic heterocycles. The van der Waals surface area contributed by atoms with Gasteiger partial charge in [0.25, 0.3) is 5.91 Å². The largest absolute Gasteiger partial charge is 0.336 e. The van der Waals surface area contributed by atoms with Crippen molar-refractivity contribution in [2.75, 3.05) is 26.2 Å². The van der Waals surface area contributed by atoms with Crippen LogP contribution in [0.3, 0.4) is 0 Å². The molecule has 6 nitrogen and oxygen atoms in total. The highest BCUT2D eigenvalue weighted by molar-refractivity contribution is 6.30. The van der Waals surface area contributed by atoms with Crippen molar-refractivity contribution in [1.29, 1.82) is 5.26 Å². The third-order valence-electron chi connectivity index (χ3n) is 5.37. The summed E-state index contributed by atoms with van der Waals surface area (Å²) < 4.78 is 0. The second-order valence-corrected chi connectivity index (χ2v) is 7.91. The second-order valence-electron chi connectivity index (χ2n) is 7.47. The number of nitriles is 1. The van der Waals surface area contributed by atoms with Crippen LogP contribution in [0.25, 0.3) is 0 Å². The standard InChI is InChI=1S/C20H27ClN4O2/c1-14(2)20(4,13-22)23-18(26)15(3)24-8-10-25(11-9-24)19(27)16-6-5-7-17(21)12-16/h5-7,12,14-15H,8-11H2,1-4H3,(H,23,26)/t15-,20-/m0/s1. The number of piperazine rings is 1. The van der Waals surface area contributed by atoms with Gasteiger partial charge in [-0.25, -0.2) is 0 Å². The topological polar surface area (TPSA) is 76.4 Å². The van der Waals surface area contributed by atoms with Crippen molar-refractivity contribution in [2.45, 2.75) is 39.3 Å². The molecule has 0 radical (unpaired) electrons. The Balaban J connectivity index is 1.94.